The monoisotopic (exact) mass is 246 g/mol. The summed E-state index contributed by atoms with van der Waals surface area (Å²) in [5.41, 5.74) is 0. The van der Waals surface area contributed by atoms with Crippen molar-refractivity contribution in [3.63, 3.8) is 0 Å². The second-order valence-corrected chi connectivity index (χ2v) is 5.74. The van der Waals surface area contributed by atoms with E-state index in [2.05, 4.69) is 13.2 Å². The number of rotatable bonds is 4. The van der Waals surface area contributed by atoms with Crippen molar-refractivity contribution in [3.8, 4) is 0 Å². The van der Waals surface area contributed by atoms with E-state index in [9.17, 15) is 16.8 Å². The molecule has 0 aliphatic carbocycles. The Hall–Kier alpha value is -0.440. The van der Waals surface area contributed by atoms with E-state index >= 15 is 0 Å². The summed E-state index contributed by atoms with van der Waals surface area (Å²) in [6, 6.07) is 0. The summed E-state index contributed by atoms with van der Waals surface area (Å²) < 4.78 is 56.2. The van der Waals surface area contributed by atoms with Crippen LogP contribution in [-0.4, -0.2) is 30.5 Å². The van der Waals surface area contributed by atoms with E-state index in [-0.39, 0.29) is 12.8 Å². The zero-order valence-corrected chi connectivity index (χ0v) is 9.38. The van der Waals surface area contributed by atoms with Gasteiger partial charge in [0, 0.05) is 0 Å². The number of hydrogen-bond donors (Lipinski definition) is 2. The Morgan fingerprint density at radius 3 is 1.43 bits per heavy atom. The van der Waals surface area contributed by atoms with Crippen molar-refractivity contribution in [3.05, 3.63) is 13.2 Å². The highest BCUT2D eigenvalue weighted by Gasteiger charge is 2.34. The van der Waals surface area contributed by atoms with E-state index in [1.54, 1.807) is 0 Å². The van der Waals surface area contributed by atoms with E-state index in [4.69, 9.17) is 9.11 Å². The lowest BCUT2D eigenvalue weighted by atomic mass is 10.4. The van der Waals surface area contributed by atoms with Crippen LogP contribution in [0, 0.1) is 0 Å². The smallest absolute Gasteiger partial charge is 0.284 e. The van der Waals surface area contributed by atoms with Gasteiger partial charge in [-0.2, -0.15) is 16.8 Å². The predicted octanol–water partition coefficient (Wildman–Crippen LogP) is 0.690. The fourth-order valence-corrected chi connectivity index (χ4v) is 2.98. The first kappa shape index (κ1) is 16.0. The van der Waals surface area contributed by atoms with Gasteiger partial charge in [0.1, 0.15) is 0 Å². The van der Waals surface area contributed by atoms with Gasteiger partial charge in [-0.3, -0.25) is 9.11 Å². The van der Waals surface area contributed by atoms with Gasteiger partial charge in [0.15, 0.2) is 0 Å². The van der Waals surface area contributed by atoms with Gasteiger partial charge in [0.25, 0.3) is 20.2 Å². The van der Waals surface area contributed by atoms with Crippen LogP contribution < -0.4 is 0 Å². The van der Waals surface area contributed by atoms with Gasteiger partial charge in [0.2, 0.25) is 4.58 Å². The maximum atomic E-state index is 10.4. The van der Waals surface area contributed by atoms with Crippen molar-refractivity contribution in [1.29, 1.82) is 0 Å². The fraction of sp³-hybridized carbons (Fsp3) is 0.667. The molecule has 0 aromatic carbocycles. The molecule has 0 radical (unpaired) electrons. The Labute approximate surface area is 84.1 Å². The predicted molar refractivity (Wildman–Crippen MR) is 53.0 cm³/mol. The van der Waals surface area contributed by atoms with Crippen LogP contribution in [0.2, 0.25) is 0 Å². The zero-order valence-electron chi connectivity index (χ0n) is 7.75. The molecule has 0 aromatic heterocycles. The van der Waals surface area contributed by atoms with Gasteiger partial charge in [-0.15, -0.1) is 13.2 Å². The molecule has 6 nitrogen and oxygen atoms in total. The lowest BCUT2D eigenvalue weighted by molar-refractivity contribution is 0.450. The largest absolute Gasteiger partial charge is 0.284 e. The maximum Gasteiger partial charge on any atom is 0.284 e. The topological polar surface area (TPSA) is 109 Å². The summed E-state index contributed by atoms with van der Waals surface area (Å²) >= 11 is 0. The van der Waals surface area contributed by atoms with Crippen LogP contribution in [0.15, 0.2) is 13.2 Å². The molecule has 14 heavy (non-hydrogen) atoms. The van der Waals surface area contributed by atoms with Crippen LogP contribution in [0.5, 0.6) is 0 Å². The molecule has 0 fully saturated rings. The Kier molecular flexibility index (Phi) is 7.00. The quantitative estimate of drug-likeness (QED) is 0.558. The van der Waals surface area contributed by atoms with Crippen LogP contribution >= 0.6 is 0 Å². The molecule has 0 aromatic rings. The van der Waals surface area contributed by atoms with Crippen molar-refractivity contribution in [2.75, 3.05) is 0 Å². The van der Waals surface area contributed by atoms with E-state index in [1.807, 2.05) is 0 Å². The molecule has 0 saturated heterocycles. The van der Waals surface area contributed by atoms with E-state index in [0.29, 0.717) is 0 Å². The van der Waals surface area contributed by atoms with Gasteiger partial charge in [-0.1, -0.05) is 13.3 Å². The van der Waals surface area contributed by atoms with Gasteiger partial charge in [0.05, 0.1) is 0 Å². The third-order valence-electron chi connectivity index (χ3n) is 1.19. The molecular formula is C6H14O6S2. The van der Waals surface area contributed by atoms with Crippen molar-refractivity contribution >= 4 is 20.2 Å². The Morgan fingerprint density at radius 1 is 1.07 bits per heavy atom. The van der Waals surface area contributed by atoms with Crippen LogP contribution in [0.3, 0.4) is 0 Å². The highest BCUT2D eigenvalue weighted by Crippen LogP contribution is 2.12. The molecule has 0 saturated carbocycles. The van der Waals surface area contributed by atoms with Crippen LogP contribution in [0.1, 0.15) is 19.8 Å². The van der Waals surface area contributed by atoms with E-state index in [1.165, 1.54) is 6.92 Å². The molecule has 0 aliphatic rings. The Morgan fingerprint density at radius 2 is 1.36 bits per heavy atom. The third kappa shape index (κ3) is 6.08. The molecule has 2 N–H and O–H groups in total. The lowest BCUT2D eigenvalue weighted by Crippen LogP contribution is -2.29. The van der Waals surface area contributed by atoms with E-state index in [0.717, 1.165) is 0 Å². The first-order valence-corrected chi connectivity index (χ1v) is 6.63. The molecule has 0 unspecified atom stereocenters. The molecule has 86 valence electrons. The third-order valence-corrected chi connectivity index (χ3v) is 4.45. The summed E-state index contributed by atoms with van der Waals surface area (Å²) in [5, 5.41) is 0. The highest BCUT2D eigenvalue weighted by molar-refractivity contribution is 8.03. The minimum absolute atomic E-state index is 0.226. The van der Waals surface area contributed by atoms with Crippen LogP contribution in [0.4, 0.5) is 0 Å². The average Bonchev–Trinajstić information content (AvgIpc) is 2.00. The van der Waals surface area contributed by atoms with Gasteiger partial charge < -0.3 is 0 Å². The second-order valence-electron chi connectivity index (χ2n) is 2.25. The molecule has 0 aliphatic heterocycles. The molecule has 0 spiro atoms. The summed E-state index contributed by atoms with van der Waals surface area (Å²) in [6.45, 7) is 7.53. The van der Waals surface area contributed by atoms with Crippen molar-refractivity contribution < 1.29 is 25.9 Å². The first-order chi connectivity index (χ1) is 6.19. The number of hydrogen-bond acceptors (Lipinski definition) is 4. The Bertz CT molecular complexity index is 309. The molecule has 0 bridgehead atoms. The SMILES string of the molecule is C=C.CCCC(S(=O)(=O)O)S(=O)(=O)O. The van der Waals surface area contributed by atoms with Gasteiger partial charge >= 0.3 is 0 Å². The zero-order chi connectivity index (χ0) is 12.0. The van der Waals surface area contributed by atoms with Gasteiger partial charge in [-0.25, -0.2) is 0 Å². The summed E-state index contributed by atoms with van der Waals surface area (Å²) in [7, 11) is -9.45. The molecule has 0 heterocycles. The average molecular weight is 246 g/mol. The van der Waals surface area contributed by atoms with Crippen LogP contribution in [0.25, 0.3) is 0 Å². The van der Waals surface area contributed by atoms with Crippen molar-refractivity contribution in [2.24, 2.45) is 0 Å². The van der Waals surface area contributed by atoms with E-state index < -0.39 is 24.8 Å². The minimum atomic E-state index is -4.72. The van der Waals surface area contributed by atoms with Crippen molar-refractivity contribution in [2.45, 2.75) is 24.3 Å². The standard InChI is InChI=1S/C4H10O6S2.C2H4/c1-2-3-4(11(5,6)7)12(8,9)10;1-2/h4H,2-3H2,1H3,(H,5,6,7)(H,8,9,10);1-2H2. The minimum Gasteiger partial charge on any atom is -0.284 e. The lowest BCUT2D eigenvalue weighted by Gasteiger charge is -2.07. The molecule has 0 atom stereocenters. The Balaban J connectivity index is 0. The molecule has 0 amide bonds. The second kappa shape index (κ2) is 6.12. The molecule has 8 heteroatoms. The van der Waals surface area contributed by atoms with Gasteiger partial charge in [-0.05, 0) is 6.42 Å². The maximum absolute atomic E-state index is 10.4. The van der Waals surface area contributed by atoms with Crippen molar-refractivity contribution in [1.82, 2.24) is 0 Å². The summed E-state index contributed by atoms with van der Waals surface area (Å²) in [4.78, 5) is 0. The fourth-order valence-electron chi connectivity index (χ4n) is 0.687. The first-order valence-electron chi connectivity index (χ1n) is 3.62. The summed E-state index contributed by atoms with van der Waals surface area (Å²) in [6.07, 6.45) is -0.0953. The highest BCUT2D eigenvalue weighted by atomic mass is 32.3. The van der Waals surface area contributed by atoms with Crippen LogP contribution in [-0.2, 0) is 20.2 Å². The molecular weight excluding hydrogens is 232 g/mol. The molecule has 0 rings (SSSR count). The normalized spacial score (nSPS) is 12.0. The summed E-state index contributed by atoms with van der Waals surface area (Å²) in [5.74, 6) is 0.